The molecule has 0 bridgehead atoms. The lowest BCUT2D eigenvalue weighted by atomic mass is 10.2. The Bertz CT molecular complexity index is 737. The summed E-state index contributed by atoms with van der Waals surface area (Å²) < 4.78 is 5.10. The van der Waals surface area contributed by atoms with E-state index in [2.05, 4.69) is 22.5 Å². The van der Waals surface area contributed by atoms with Gasteiger partial charge in [-0.1, -0.05) is 25.1 Å². The van der Waals surface area contributed by atoms with Gasteiger partial charge in [-0.3, -0.25) is 24.7 Å². The molecule has 0 aliphatic carbocycles. The van der Waals surface area contributed by atoms with Crippen LogP contribution in [-0.4, -0.2) is 40.8 Å². The van der Waals surface area contributed by atoms with Gasteiger partial charge in [-0.2, -0.15) is 0 Å². The Labute approximate surface area is 154 Å². The molecular formula is C16H20N4O5S. The predicted molar refractivity (Wildman–Crippen MR) is 99.6 cm³/mol. The minimum absolute atomic E-state index is 0.0743. The number of rotatable bonds is 8. The maximum Gasteiger partial charge on any atom is 0.271 e. The van der Waals surface area contributed by atoms with Crippen LogP contribution in [0.25, 0.3) is 0 Å². The van der Waals surface area contributed by atoms with Gasteiger partial charge < -0.3 is 15.4 Å². The van der Waals surface area contributed by atoms with Crippen molar-refractivity contribution < 1.29 is 19.2 Å². The number of amides is 2. The summed E-state index contributed by atoms with van der Waals surface area (Å²) in [6.07, 6.45) is 1.86. The number of non-ortho nitro benzene ring substituents is 1. The van der Waals surface area contributed by atoms with E-state index in [1.54, 1.807) is 0 Å². The van der Waals surface area contributed by atoms with Crippen molar-refractivity contribution >= 4 is 40.1 Å². The standard InChI is InChI=1S/C16H20N4O5S/c1-3-4-7-17-16-19-15(22)13(26-16)9-14(21)18-11-8-10(20(23)24)5-6-12(11)25-2/h5-6,8,13H,3-4,7,9H2,1-2H3,(H,18,21)(H,17,19,22)/t13-/m1/s1. The molecule has 1 atom stereocenters. The molecule has 1 heterocycles. The van der Waals surface area contributed by atoms with Gasteiger partial charge in [-0.05, 0) is 12.5 Å². The Morgan fingerprint density at radius 2 is 2.27 bits per heavy atom. The van der Waals surface area contributed by atoms with Crippen LogP contribution in [0.5, 0.6) is 5.75 Å². The normalized spacial score (nSPS) is 17.8. The number of aliphatic imine (C=N–C) groups is 1. The fourth-order valence-electron chi connectivity index (χ4n) is 2.23. The van der Waals surface area contributed by atoms with E-state index in [1.165, 1.54) is 37.1 Å². The molecular weight excluding hydrogens is 360 g/mol. The maximum absolute atomic E-state index is 12.3. The second kappa shape index (κ2) is 9.18. The van der Waals surface area contributed by atoms with Crippen LogP contribution in [0.4, 0.5) is 11.4 Å². The lowest BCUT2D eigenvalue weighted by Gasteiger charge is -2.11. The first-order chi connectivity index (χ1) is 12.4. The number of unbranched alkanes of at least 4 members (excludes halogenated alkanes) is 1. The van der Waals surface area contributed by atoms with Crippen molar-refractivity contribution in [1.29, 1.82) is 0 Å². The van der Waals surface area contributed by atoms with Crippen LogP contribution in [0, 0.1) is 10.1 Å². The number of ether oxygens (including phenoxy) is 1. The van der Waals surface area contributed by atoms with E-state index in [9.17, 15) is 19.7 Å². The molecule has 2 amide bonds. The molecule has 0 aromatic heterocycles. The lowest BCUT2D eigenvalue weighted by molar-refractivity contribution is -0.384. The zero-order valence-electron chi connectivity index (χ0n) is 14.5. The average molecular weight is 380 g/mol. The van der Waals surface area contributed by atoms with Crippen LogP contribution < -0.4 is 15.4 Å². The largest absolute Gasteiger partial charge is 0.495 e. The summed E-state index contributed by atoms with van der Waals surface area (Å²) in [7, 11) is 1.40. The first-order valence-corrected chi connectivity index (χ1v) is 8.96. The average Bonchev–Trinajstić information content (AvgIpc) is 2.94. The maximum atomic E-state index is 12.3. The number of nitro benzene ring substituents is 1. The number of amidine groups is 1. The van der Waals surface area contributed by atoms with Crippen LogP contribution >= 0.6 is 11.8 Å². The highest BCUT2D eigenvalue weighted by Gasteiger charge is 2.32. The first-order valence-electron chi connectivity index (χ1n) is 8.08. The van der Waals surface area contributed by atoms with E-state index < -0.39 is 16.1 Å². The van der Waals surface area contributed by atoms with E-state index in [1.807, 2.05) is 0 Å². The summed E-state index contributed by atoms with van der Waals surface area (Å²) in [5.41, 5.74) is 0.0198. The molecule has 10 heteroatoms. The van der Waals surface area contributed by atoms with Gasteiger partial charge in [-0.25, -0.2) is 0 Å². The van der Waals surface area contributed by atoms with Gasteiger partial charge in [-0.15, -0.1) is 0 Å². The number of carbonyl (C=O) groups excluding carboxylic acids is 2. The second-order valence-corrected chi connectivity index (χ2v) is 6.72. The van der Waals surface area contributed by atoms with Gasteiger partial charge in [0.25, 0.3) is 5.69 Å². The Hall–Kier alpha value is -2.62. The molecule has 0 spiro atoms. The molecule has 26 heavy (non-hydrogen) atoms. The number of hydrogen-bond donors (Lipinski definition) is 2. The smallest absolute Gasteiger partial charge is 0.271 e. The highest BCUT2D eigenvalue weighted by molar-refractivity contribution is 8.15. The van der Waals surface area contributed by atoms with Gasteiger partial charge >= 0.3 is 0 Å². The van der Waals surface area contributed by atoms with Gasteiger partial charge in [0.15, 0.2) is 5.17 Å². The van der Waals surface area contributed by atoms with E-state index in [4.69, 9.17) is 4.74 Å². The summed E-state index contributed by atoms with van der Waals surface area (Å²) in [4.78, 5) is 38.8. The number of nitrogens with one attached hydrogen (secondary N) is 2. The second-order valence-electron chi connectivity index (χ2n) is 5.53. The molecule has 2 N–H and O–H groups in total. The minimum Gasteiger partial charge on any atom is -0.495 e. The van der Waals surface area contributed by atoms with Gasteiger partial charge in [0.1, 0.15) is 11.0 Å². The van der Waals surface area contributed by atoms with E-state index in [-0.39, 0.29) is 23.7 Å². The molecule has 1 fully saturated rings. The molecule has 1 aromatic carbocycles. The van der Waals surface area contributed by atoms with Crippen molar-refractivity contribution in [2.45, 2.75) is 31.4 Å². The molecule has 0 radical (unpaired) electrons. The van der Waals surface area contributed by atoms with Crippen LogP contribution in [-0.2, 0) is 9.59 Å². The molecule has 2 rings (SSSR count). The quantitative estimate of drug-likeness (QED) is 0.405. The molecule has 1 aliphatic rings. The van der Waals surface area contributed by atoms with Crippen molar-refractivity contribution in [3.63, 3.8) is 0 Å². The number of carbonyl (C=O) groups is 2. The van der Waals surface area contributed by atoms with Crippen molar-refractivity contribution in [2.75, 3.05) is 19.0 Å². The van der Waals surface area contributed by atoms with Gasteiger partial charge in [0.05, 0.1) is 17.7 Å². The number of anilines is 1. The molecule has 1 saturated heterocycles. The number of benzene rings is 1. The fourth-order valence-corrected chi connectivity index (χ4v) is 3.23. The predicted octanol–water partition coefficient (Wildman–Crippen LogP) is 2.32. The summed E-state index contributed by atoms with van der Waals surface area (Å²) in [6, 6.07) is 3.91. The highest BCUT2D eigenvalue weighted by Crippen LogP contribution is 2.30. The number of nitro groups is 1. The monoisotopic (exact) mass is 380 g/mol. The Morgan fingerprint density at radius 1 is 1.50 bits per heavy atom. The third-order valence-electron chi connectivity index (χ3n) is 3.58. The summed E-state index contributed by atoms with van der Waals surface area (Å²) >= 11 is 1.22. The van der Waals surface area contributed by atoms with Crippen molar-refractivity contribution in [3.05, 3.63) is 28.3 Å². The van der Waals surface area contributed by atoms with Crippen LogP contribution in [0.3, 0.4) is 0 Å². The third kappa shape index (κ3) is 5.19. The number of hydrogen-bond acceptors (Lipinski definition) is 7. The number of thioether (sulfide) groups is 1. The Kier molecular flexibility index (Phi) is 6.96. The van der Waals surface area contributed by atoms with Gasteiger partial charge in [0.2, 0.25) is 11.8 Å². The molecule has 0 unspecified atom stereocenters. The molecule has 1 aromatic rings. The van der Waals surface area contributed by atoms with Crippen LogP contribution in [0.2, 0.25) is 0 Å². The molecule has 0 saturated carbocycles. The highest BCUT2D eigenvalue weighted by atomic mass is 32.2. The Morgan fingerprint density at radius 3 is 2.92 bits per heavy atom. The molecule has 9 nitrogen and oxygen atoms in total. The summed E-state index contributed by atoms with van der Waals surface area (Å²) in [5, 5.41) is 16.1. The van der Waals surface area contributed by atoms with E-state index in [0.29, 0.717) is 17.5 Å². The van der Waals surface area contributed by atoms with E-state index >= 15 is 0 Å². The fraction of sp³-hybridized carbons (Fsp3) is 0.438. The Balaban J connectivity index is 2.00. The van der Waals surface area contributed by atoms with Crippen molar-refractivity contribution in [1.82, 2.24) is 5.32 Å². The zero-order valence-corrected chi connectivity index (χ0v) is 15.3. The number of methoxy groups -OCH3 is 1. The number of nitrogens with zero attached hydrogens (tertiary/aromatic N) is 2. The topological polar surface area (TPSA) is 123 Å². The van der Waals surface area contributed by atoms with Crippen LogP contribution in [0.1, 0.15) is 26.2 Å². The van der Waals surface area contributed by atoms with Crippen LogP contribution in [0.15, 0.2) is 23.2 Å². The van der Waals surface area contributed by atoms with Crippen molar-refractivity contribution in [3.8, 4) is 5.75 Å². The first kappa shape index (κ1) is 19.7. The third-order valence-corrected chi connectivity index (χ3v) is 4.70. The summed E-state index contributed by atoms with van der Waals surface area (Å²) in [5.74, 6) is -0.410. The SMILES string of the molecule is CCCCN=C1NC(=O)[C@@H](CC(=O)Nc2cc([N+](=O)[O-])ccc2OC)S1. The lowest BCUT2D eigenvalue weighted by Crippen LogP contribution is -2.28. The van der Waals surface area contributed by atoms with Crippen molar-refractivity contribution in [2.24, 2.45) is 4.99 Å². The zero-order chi connectivity index (χ0) is 19.1. The molecule has 1 aliphatic heterocycles. The van der Waals surface area contributed by atoms with Gasteiger partial charge in [0, 0.05) is 25.1 Å². The summed E-state index contributed by atoms with van der Waals surface area (Å²) in [6.45, 7) is 2.68. The van der Waals surface area contributed by atoms with E-state index in [0.717, 1.165) is 12.8 Å². The molecule has 140 valence electrons. The minimum atomic E-state index is -0.583.